The monoisotopic (exact) mass is 394 g/mol. The van der Waals surface area contributed by atoms with Crippen molar-refractivity contribution in [3.63, 3.8) is 0 Å². The lowest BCUT2D eigenvalue weighted by Crippen LogP contribution is -2.50. The van der Waals surface area contributed by atoms with Gasteiger partial charge in [0.15, 0.2) is 5.75 Å². The number of halogens is 4. The maximum atomic E-state index is 13.3. The summed E-state index contributed by atoms with van der Waals surface area (Å²) in [5.74, 6) is -1.18. The summed E-state index contributed by atoms with van der Waals surface area (Å²) in [7, 11) is 1.27. The van der Waals surface area contributed by atoms with Gasteiger partial charge in [-0.15, -0.1) is 0 Å². The molecule has 144 valence electrons. The molecule has 0 aliphatic carbocycles. The molecule has 6 nitrogen and oxygen atoms in total. The van der Waals surface area contributed by atoms with Crippen molar-refractivity contribution in [2.24, 2.45) is 0 Å². The van der Waals surface area contributed by atoms with Crippen LogP contribution in [0.25, 0.3) is 0 Å². The van der Waals surface area contributed by atoms with Gasteiger partial charge in [0.05, 0.1) is 5.69 Å². The highest BCUT2D eigenvalue weighted by Crippen LogP contribution is 2.44. The van der Waals surface area contributed by atoms with Crippen molar-refractivity contribution in [3.8, 4) is 5.75 Å². The summed E-state index contributed by atoms with van der Waals surface area (Å²) >= 11 is 5.76. The summed E-state index contributed by atoms with van der Waals surface area (Å²) < 4.78 is 50.1. The van der Waals surface area contributed by atoms with Gasteiger partial charge in [0.1, 0.15) is 23.8 Å². The second-order valence-corrected chi connectivity index (χ2v) is 7.14. The molecule has 0 unspecified atom stereocenters. The highest BCUT2D eigenvalue weighted by Gasteiger charge is 2.40. The summed E-state index contributed by atoms with van der Waals surface area (Å²) in [6.45, 7) is 4.42. The molecule has 0 aromatic heterocycles. The van der Waals surface area contributed by atoms with Crippen LogP contribution in [0.5, 0.6) is 5.75 Å². The summed E-state index contributed by atoms with van der Waals surface area (Å²) in [6.07, 6.45) is -5.61. The fourth-order valence-electron chi connectivity index (χ4n) is 2.33. The van der Waals surface area contributed by atoms with E-state index >= 15 is 0 Å². The number of anilines is 1. The second-order valence-electron chi connectivity index (χ2n) is 6.71. The van der Waals surface area contributed by atoms with Crippen LogP contribution >= 0.6 is 11.6 Å². The molecule has 1 aliphatic heterocycles. The van der Waals surface area contributed by atoms with E-state index in [1.54, 1.807) is 20.8 Å². The molecule has 0 spiro atoms. The lowest BCUT2D eigenvalue weighted by molar-refractivity contribution is -0.138. The van der Waals surface area contributed by atoms with E-state index in [0.717, 1.165) is 11.0 Å². The molecule has 0 bridgehead atoms. The first kappa shape index (κ1) is 20.2. The number of alkyl halides is 3. The molecule has 1 aromatic rings. The number of carbonyl (C=O) groups is 2. The molecule has 1 heterocycles. The number of hydrogen-bond donors (Lipinski definition) is 1. The highest BCUT2D eigenvalue weighted by molar-refractivity contribution is 6.31. The first-order valence-corrected chi connectivity index (χ1v) is 7.98. The molecule has 0 saturated heterocycles. The minimum absolute atomic E-state index is 0.136. The standard InChI is InChI=1S/C16H18ClF3N2O4/c1-15(2,3)26-14(24)21-10-7-25-12-9(16(18,19)20)5-8(17)6-11(12)22(4)13(10)23/h5-6,10H,7H2,1-4H3,(H,21,24)/t10-/m0/s1. The Balaban J connectivity index is 2.34. The van der Waals surface area contributed by atoms with E-state index < -0.39 is 47.7 Å². The Morgan fingerprint density at radius 3 is 2.50 bits per heavy atom. The van der Waals surface area contributed by atoms with E-state index in [2.05, 4.69) is 5.32 Å². The lowest BCUT2D eigenvalue weighted by Gasteiger charge is -2.23. The van der Waals surface area contributed by atoms with E-state index in [4.69, 9.17) is 21.1 Å². The first-order chi connectivity index (χ1) is 11.8. The maximum Gasteiger partial charge on any atom is 0.420 e. The number of nitrogens with zero attached hydrogens (tertiary/aromatic N) is 1. The van der Waals surface area contributed by atoms with Crippen LogP contribution in [0.2, 0.25) is 5.02 Å². The quantitative estimate of drug-likeness (QED) is 0.790. The average Bonchev–Trinajstić information content (AvgIpc) is 2.56. The molecule has 0 fully saturated rings. The normalized spacial score (nSPS) is 17.9. The molecule has 26 heavy (non-hydrogen) atoms. The molecular weight excluding hydrogens is 377 g/mol. The fraction of sp³-hybridized carbons (Fsp3) is 0.500. The molecule has 1 atom stereocenters. The number of hydrogen-bond acceptors (Lipinski definition) is 4. The van der Waals surface area contributed by atoms with Crippen molar-refractivity contribution in [2.45, 2.75) is 38.6 Å². The van der Waals surface area contributed by atoms with E-state index in [1.165, 1.54) is 13.1 Å². The first-order valence-electron chi connectivity index (χ1n) is 7.60. The molecule has 10 heteroatoms. The number of carbonyl (C=O) groups excluding carboxylic acids is 2. The van der Waals surface area contributed by atoms with Crippen LogP contribution in [0.4, 0.5) is 23.7 Å². The van der Waals surface area contributed by atoms with Gasteiger partial charge in [0.25, 0.3) is 5.91 Å². The second kappa shape index (κ2) is 6.86. The predicted molar refractivity (Wildman–Crippen MR) is 88.5 cm³/mol. The number of nitrogens with one attached hydrogen (secondary N) is 1. The third kappa shape index (κ3) is 4.51. The van der Waals surface area contributed by atoms with Crippen molar-refractivity contribution >= 4 is 29.3 Å². The van der Waals surface area contributed by atoms with Gasteiger partial charge in [-0.05, 0) is 32.9 Å². The van der Waals surface area contributed by atoms with Crippen molar-refractivity contribution in [2.75, 3.05) is 18.6 Å². The fourth-order valence-corrected chi connectivity index (χ4v) is 2.55. The minimum Gasteiger partial charge on any atom is -0.488 e. The third-order valence-electron chi connectivity index (χ3n) is 3.41. The Morgan fingerprint density at radius 1 is 1.35 bits per heavy atom. The Labute approximate surface area is 153 Å². The van der Waals surface area contributed by atoms with Gasteiger partial charge >= 0.3 is 12.3 Å². The van der Waals surface area contributed by atoms with Gasteiger partial charge in [-0.3, -0.25) is 4.79 Å². The summed E-state index contributed by atoms with van der Waals surface area (Å²) in [6, 6.07) is 0.697. The number of likely N-dealkylation sites (N-methyl/N-ethyl adjacent to an activating group) is 1. The van der Waals surface area contributed by atoms with Crippen LogP contribution in [0.3, 0.4) is 0 Å². The molecule has 0 saturated carbocycles. The van der Waals surface area contributed by atoms with Crippen LogP contribution < -0.4 is 15.0 Å². The number of ether oxygens (including phenoxy) is 2. The average molecular weight is 395 g/mol. The van der Waals surface area contributed by atoms with E-state index in [1.807, 2.05) is 0 Å². The van der Waals surface area contributed by atoms with Gasteiger partial charge in [0, 0.05) is 12.1 Å². The Morgan fingerprint density at radius 2 is 1.96 bits per heavy atom. The maximum absolute atomic E-state index is 13.3. The highest BCUT2D eigenvalue weighted by atomic mass is 35.5. The van der Waals surface area contributed by atoms with Crippen molar-refractivity contribution < 1.29 is 32.2 Å². The lowest BCUT2D eigenvalue weighted by atomic mass is 10.1. The smallest absolute Gasteiger partial charge is 0.420 e. The molecule has 1 aliphatic rings. The van der Waals surface area contributed by atoms with Crippen LogP contribution in [0.1, 0.15) is 26.3 Å². The van der Waals surface area contributed by atoms with Crippen LogP contribution in [0, 0.1) is 0 Å². The molecule has 1 N–H and O–H groups in total. The van der Waals surface area contributed by atoms with Gasteiger partial charge in [-0.25, -0.2) is 4.79 Å². The van der Waals surface area contributed by atoms with Crippen molar-refractivity contribution in [3.05, 3.63) is 22.7 Å². The molecule has 2 amide bonds. The third-order valence-corrected chi connectivity index (χ3v) is 3.63. The van der Waals surface area contributed by atoms with Gasteiger partial charge < -0.3 is 19.7 Å². The minimum atomic E-state index is -4.72. The van der Waals surface area contributed by atoms with Crippen LogP contribution in [-0.4, -0.2) is 37.3 Å². The van der Waals surface area contributed by atoms with Gasteiger partial charge in [-0.2, -0.15) is 13.2 Å². The summed E-state index contributed by atoms with van der Waals surface area (Å²) in [5.41, 5.74) is -2.04. The Bertz CT molecular complexity index is 731. The van der Waals surface area contributed by atoms with Gasteiger partial charge in [0.2, 0.25) is 0 Å². The Kier molecular flexibility index (Phi) is 5.32. The zero-order valence-corrected chi connectivity index (χ0v) is 15.3. The van der Waals surface area contributed by atoms with Crippen molar-refractivity contribution in [1.82, 2.24) is 5.32 Å². The van der Waals surface area contributed by atoms with E-state index in [-0.39, 0.29) is 10.7 Å². The molecule has 2 rings (SSSR count). The predicted octanol–water partition coefficient (Wildman–Crippen LogP) is 3.61. The van der Waals surface area contributed by atoms with Crippen LogP contribution in [0.15, 0.2) is 12.1 Å². The van der Waals surface area contributed by atoms with Crippen molar-refractivity contribution in [1.29, 1.82) is 0 Å². The Hall–Kier alpha value is -2.16. The zero-order valence-electron chi connectivity index (χ0n) is 14.5. The summed E-state index contributed by atoms with van der Waals surface area (Å²) in [5, 5.41) is 2.12. The number of fused-ring (bicyclic) bond motifs is 1. The number of rotatable bonds is 1. The van der Waals surface area contributed by atoms with Crippen LogP contribution in [-0.2, 0) is 15.7 Å². The van der Waals surface area contributed by atoms with Gasteiger partial charge in [-0.1, -0.05) is 11.6 Å². The SMILES string of the molecule is CN1C(=O)[C@@H](NC(=O)OC(C)(C)C)COc2c1cc(Cl)cc2C(F)(F)F. The molecular formula is C16H18ClF3N2O4. The summed E-state index contributed by atoms with van der Waals surface area (Å²) in [4.78, 5) is 25.4. The number of benzene rings is 1. The van der Waals surface area contributed by atoms with E-state index in [9.17, 15) is 22.8 Å². The molecule has 0 radical (unpaired) electrons. The largest absolute Gasteiger partial charge is 0.488 e. The zero-order chi connectivity index (χ0) is 19.9. The van der Waals surface area contributed by atoms with E-state index in [0.29, 0.717) is 0 Å². The molecule has 1 aromatic carbocycles. The topological polar surface area (TPSA) is 67.9 Å². The number of amides is 2. The number of alkyl carbamates (subject to hydrolysis) is 1.